The molecule has 1 aliphatic carbocycles. The molecule has 0 amide bonds. The molecule has 0 saturated carbocycles. The normalized spacial score (nSPS) is 15.6. The Kier molecular flexibility index (Phi) is 6.93. The van der Waals surface area contributed by atoms with Crippen molar-refractivity contribution in [2.24, 2.45) is 0 Å². The molecule has 8 heteroatoms. The van der Waals surface area contributed by atoms with Crippen molar-refractivity contribution in [2.45, 2.75) is 44.9 Å². The molecule has 1 atom stereocenters. The van der Waals surface area contributed by atoms with Gasteiger partial charge >= 0.3 is 5.97 Å². The number of hydrogen-bond donors (Lipinski definition) is 1. The average molecular weight is 490 g/mol. The number of rotatable bonds is 10. The lowest BCUT2D eigenvalue weighted by Crippen LogP contribution is -2.23. The van der Waals surface area contributed by atoms with Crippen LogP contribution in [0.5, 0.6) is 17.2 Å². The molecule has 2 aromatic carbocycles. The summed E-state index contributed by atoms with van der Waals surface area (Å²) >= 11 is 0. The van der Waals surface area contributed by atoms with E-state index in [-0.39, 0.29) is 19.1 Å². The van der Waals surface area contributed by atoms with Crippen LogP contribution in [0.1, 0.15) is 48.8 Å². The summed E-state index contributed by atoms with van der Waals surface area (Å²) in [6.45, 7) is 3.72. The van der Waals surface area contributed by atoms with Crippen molar-refractivity contribution in [3.63, 3.8) is 0 Å². The van der Waals surface area contributed by atoms with Crippen molar-refractivity contribution >= 4 is 11.8 Å². The van der Waals surface area contributed by atoms with Gasteiger partial charge in [0, 0.05) is 30.9 Å². The summed E-state index contributed by atoms with van der Waals surface area (Å²) in [6, 6.07) is 11.8. The molecule has 0 saturated heterocycles. The summed E-state index contributed by atoms with van der Waals surface area (Å²) in [4.78, 5) is 22.7. The van der Waals surface area contributed by atoms with Crippen LogP contribution < -0.4 is 19.1 Å². The smallest absolute Gasteiger partial charge is 0.303 e. The largest absolute Gasteiger partial charge is 0.494 e. The van der Waals surface area contributed by atoms with Crippen molar-refractivity contribution < 1.29 is 24.1 Å². The van der Waals surface area contributed by atoms with Crippen LogP contribution in [-0.4, -0.2) is 48.0 Å². The molecule has 36 heavy (non-hydrogen) atoms. The summed E-state index contributed by atoms with van der Waals surface area (Å²) in [7, 11) is 2.04. The zero-order valence-corrected chi connectivity index (χ0v) is 20.7. The molecule has 2 aliphatic rings. The number of ether oxygens (including phenoxy) is 3. The molecule has 1 N–H and O–H groups in total. The van der Waals surface area contributed by atoms with Crippen molar-refractivity contribution in [2.75, 3.05) is 31.9 Å². The van der Waals surface area contributed by atoms with Crippen LogP contribution in [0.25, 0.3) is 11.4 Å². The van der Waals surface area contributed by atoms with Gasteiger partial charge in [-0.1, -0.05) is 13.0 Å². The predicted molar refractivity (Wildman–Crippen MR) is 136 cm³/mol. The Balaban J connectivity index is 1.19. The maximum absolute atomic E-state index is 11.1. The third kappa shape index (κ3) is 5.08. The van der Waals surface area contributed by atoms with Crippen molar-refractivity contribution in [1.29, 1.82) is 0 Å². The predicted octanol–water partition coefficient (Wildman–Crippen LogP) is 4.84. The standard InChI is InChI=1S/C28H31N3O5/c1-3-18-16-29-27(21-7-10-24-25(14-21)36-17-35-24)30-28(18)31(2)11-4-12-34-22-8-9-23-19(13-22)5-6-20(23)15-26(32)33/h7-10,13-14,16,20H,3-6,11-12,15,17H2,1-2H3,(H,32,33)/t20-/m0/s1. The van der Waals surface area contributed by atoms with Crippen molar-refractivity contribution in [1.82, 2.24) is 9.97 Å². The van der Waals surface area contributed by atoms with Gasteiger partial charge in [0.1, 0.15) is 11.6 Å². The number of anilines is 1. The molecule has 188 valence electrons. The Bertz CT molecular complexity index is 1260. The summed E-state index contributed by atoms with van der Waals surface area (Å²) in [5, 5.41) is 9.12. The second-order valence-corrected chi connectivity index (χ2v) is 9.28. The van der Waals surface area contributed by atoms with Crippen LogP contribution in [0.15, 0.2) is 42.6 Å². The molecule has 0 spiro atoms. The van der Waals surface area contributed by atoms with E-state index in [4.69, 9.17) is 24.3 Å². The number of benzene rings is 2. The third-order valence-electron chi connectivity index (χ3n) is 6.86. The first-order valence-electron chi connectivity index (χ1n) is 12.5. The molecule has 0 fully saturated rings. The van der Waals surface area contributed by atoms with Gasteiger partial charge in [0.2, 0.25) is 6.79 Å². The first-order chi connectivity index (χ1) is 17.5. The molecule has 0 unspecified atom stereocenters. The fraction of sp³-hybridized carbons (Fsp3) is 0.393. The zero-order valence-electron chi connectivity index (χ0n) is 20.7. The number of aromatic nitrogens is 2. The van der Waals surface area contributed by atoms with Gasteiger partial charge in [-0.05, 0) is 73.1 Å². The number of carboxylic acids is 1. The quantitative estimate of drug-likeness (QED) is 0.404. The van der Waals surface area contributed by atoms with E-state index in [2.05, 4.69) is 22.9 Å². The van der Waals surface area contributed by atoms with Crippen LogP contribution in [0.3, 0.4) is 0 Å². The minimum absolute atomic E-state index is 0.114. The Morgan fingerprint density at radius 3 is 2.89 bits per heavy atom. The Labute approximate surface area is 210 Å². The molecule has 8 nitrogen and oxygen atoms in total. The molecular formula is C28H31N3O5. The molecule has 5 rings (SSSR count). The number of fused-ring (bicyclic) bond motifs is 2. The number of aliphatic carboxylic acids is 1. The van der Waals surface area contributed by atoms with Gasteiger partial charge in [-0.25, -0.2) is 9.97 Å². The van der Waals surface area contributed by atoms with E-state index in [1.54, 1.807) is 0 Å². The first-order valence-corrected chi connectivity index (χ1v) is 12.5. The van der Waals surface area contributed by atoms with Crippen LogP contribution in [0, 0.1) is 0 Å². The number of carboxylic acid groups (broad SMARTS) is 1. The monoisotopic (exact) mass is 489 g/mol. The van der Waals surface area contributed by atoms with E-state index in [0.717, 1.165) is 66.2 Å². The van der Waals surface area contributed by atoms with Crippen LogP contribution >= 0.6 is 0 Å². The Morgan fingerprint density at radius 1 is 1.19 bits per heavy atom. The molecule has 3 aromatic rings. The zero-order chi connectivity index (χ0) is 25.1. The second-order valence-electron chi connectivity index (χ2n) is 9.28. The summed E-state index contributed by atoms with van der Waals surface area (Å²) in [5.41, 5.74) is 4.35. The Morgan fingerprint density at radius 2 is 2.06 bits per heavy atom. The number of aryl methyl sites for hydroxylation is 2. The highest BCUT2D eigenvalue weighted by Crippen LogP contribution is 2.37. The molecule has 2 heterocycles. The Hall–Kier alpha value is -3.81. The highest BCUT2D eigenvalue weighted by molar-refractivity contribution is 5.68. The van der Waals surface area contributed by atoms with Crippen LogP contribution in [0.4, 0.5) is 5.82 Å². The lowest BCUT2D eigenvalue weighted by molar-refractivity contribution is -0.137. The first kappa shape index (κ1) is 23.9. The van der Waals surface area contributed by atoms with Gasteiger partial charge < -0.3 is 24.2 Å². The van der Waals surface area contributed by atoms with Crippen LogP contribution in [0.2, 0.25) is 0 Å². The third-order valence-corrected chi connectivity index (χ3v) is 6.86. The van der Waals surface area contributed by atoms with Gasteiger partial charge in [0.25, 0.3) is 0 Å². The van der Waals surface area contributed by atoms with Gasteiger partial charge in [-0.15, -0.1) is 0 Å². The second kappa shape index (κ2) is 10.4. The number of nitrogens with zero attached hydrogens (tertiary/aromatic N) is 3. The minimum Gasteiger partial charge on any atom is -0.494 e. The lowest BCUT2D eigenvalue weighted by atomic mass is 9.98. The number of hydrogen-bond acceptors (Lipinski definition) is 7. The van der Waals surface area contributed by atoms with E-state index >= 15 is 0 Å². The average Bonchev–Trinajstić information content (AvgIpc) is 3.52. The number of carbonyl (C=O) groups is 1. The topological polar surface area (TPSA) is 94.0 Å². The maximum atomic E-state index is 11.1. The fourth-order valence-electron chi connectivity index (χ4n) is 4.94. The van der Waals surface area contributed by atoms with Crippen molar-refractivity contribution in [3.05, 3.63) is 59.3 Å². The van der Waals surface area contributed by atoms with Gasteiger partial charge in [-0.2, -0.15) is 0 Å². The molecular weight excluding hydrogens is 458 g/mol. The van der Waals surface area contributed by atoms with Crippen LogP contribution in [-0.2, 0) is 17.6 Å². The summed E-state index contributed by atoms with van der Waals surface area (Å²) in [5.74, 6) is 3.24. The molecule has 1 aromatic heterocycles. The SMILES string of the molecule is CCc1cnc(-c2ccc3c(c2)OCO3)nc1N(C)CCCOc1ccc2c(c1)CC[C@H]2CC(=O)O. The highest BCUT2D eigenvalue weighted by Gasteiger charge is 2.25. The maximum Gasteiger partial charge on any atom is 0.303 e. The molecule has 0 radical (unpaired) electrons. The summed E-state index contributed by atoms with van der Waals surface area (Å²) in [6.07, 6.45) is 5.57. The van der Waals surface area contributed by atoms with E-state index in [1.807, 2.05) is 43.6 Å². The highest BCUT2D eigenvalue weighted by atomic mass is 16.7. The van der Waals surface area contributed by atoms with E-state index in [9.17, 15) is 4.79 Å². The van der Waals surface area contributed by atoms with Gasteiger partial charge in [-0.3, -0.25) is 4.79 Å². The van der Waals surface area contributed by atoms with E-state index in [0.29, 0.717) is 18.2 Å². The van der Waals surface area contributed by atoms with Gasteiger partial charge in [0.05, 0.1) is 13.0 Å². The van der Waals surface area contributed by atoms with E-state index < -0.39 is 5.97 Å². The molecule has 1 aliphatic heterocycles. The fourth-order valence-corrected chi connectivity index (χ4v) is 4.94. The summed E-state index contributed by atoms with van der Waals surface area (Å²) < 4.78 is 16.9. The lowest BCUT2D eigenvalue weighted by Gasteiger charge is -2.21. The molecule has 0 bridgehead atoms. The van der Waals surface area contributed by atoms with E-state index in [1.165, 1.54) is 5.56 Å². The van der Waals surface area contributed by atoms with Gasteiger partial charge in [0.15, 0.2) is 17.3 Å². The van der Waals surface area contributed by atoms with Crippen molar-refractivity contribution in [3.8, 4) is 28.6 Å². The minimum atomic E-state index is -0.741.